The maximum atomic E-state index is 11.3. The molecular weight excluding hydrogens is 176 g/mol. The van der Waals surface area contributed by atoms with E-state index in [9.17, 15) is 19.8 Å². The molecule has 74 valence electrons. The number of aliphatic hydroxyl groups is 2. The summed E-state index contributed by atoms with van der Waals surface area (Å²) >= 11 is 0. The smallest absolute Gasteiger partial charge is 0.328 e. The molecule has 6 heteroatoms. The predicted octanol–water partition coefficient (Wildman–Crippen LogP) is -1.42. The van der Waals surface area contributed by atoms with Gasteiger partial charge in [0, 0.05) is 14.1 Å². The molecule has 2 atom stereocenters. The molecule has 0 aromatic carbocycles. The Hall–Kier alpha value is -1.14. The summed E-state index contributed by atoms with van der Waals surface area (Å²) in [4.78, 5) is 24.2. The minimum atomic E-state index is -1.93. The number of nitrogens with zero attached hydrogens (tertiary/aromatic N) is 2. The van der Waals surface area contributed by atoms with Gasteiger partial charge in [0.2, 0.25) is 0 Å². The van der Waals surface area contributed by atoms with E-state index in [0.29, 0.717) is 0 Å². The Balaban J connectivity index is 3.07. The fourth-order valence-electron chi connectivity index (χ4n) is 1.26. The molecule has 1 heterocycles. The minimum absolute atomic E-state index is 0.635. The summed E-state index contributed by atoms with van der Waals surface area (Å²) in [6, 6.07) is -0.635. The van der Waals surface area contributed by atoms with Crippen molar-refractivity contribution in [3.05, 3.63) is 0 Å². The van der Waals surface area contributed by atoms with Gasteiger partial charge in [0.05, 0.1) is 0 Å². The highest BCUT2D eigenvalue weighted by Crippen LogP contribution is 2.22. The normalized spacial score (nSPS) is 35.6. The van der Waals surface area contributed by atoms with Gasteiger partial charge in [-0.2, -0.15) is 0 Å². The lowest BCUT2D eigenvalue weighted by molar-refractivity contribution is -0.179. The van der Waals surface area contributed by atoms with Crippen LogP contribution >= 0.6 is 0 Å². The summed E-state index contributed by atoms with van der Waals surface area (Å²) in [7, 11) is 2.56. The van der Waals surface area contributed by atoms with Gasteiger partial charge in [-0.3, -0.25) is 14.6 Å². The number of imide groups is 1. The van der Waals surface area contributed by atoms with Crippen LogP contribution in [0.2, 0.25) is 0 Å². The van der Waals surface area contributed by atoms with Crippen molar-refractivity contribution in [2.24, 2.45) is 0 Å². The number of aliphatic hydroxyl groups excluding tert-OH is 1. The van der Waals surface area contributed by atoms with Crippen LogP contribution in [0, 0.1) is 0 Å². The van der Waals surface area contributed by atoms with Crippen LogP contribution in [0.25, 0.3) is 0 Å². The lowest BCUT2D eigenvalue weighted by atomic mass is 10.00. The molecule has 0 aliphatic carbocycles. The molecule has 0 aromatic rings. The standard InChI is InChI=1S/C7H12N2O4/c1-7(13)4(10)8(2)6(12)9(3)5(7)11/h4,10,13H,1-3H3/t4-,7-/m1/s1. The number of hydrogen-bond donors (Lipinski definition) is 2. The summed E-state index contributed by atoms with van der Waals surface area (Å²) in [5.74, 6) is -0.803. The van der Waals surface area contributed by atoms with Crippen molar-refractivity contribution < 1.29 is 19.8 Å². The molecule has 1 aliphatic heterocycles. The van der Waals surface area contributed by atoms with E-state index in [4.69, 9.17) is 0 Å². The quantitative estimate of drug-likeness (QED) is 0.489. The molecule has 6 nitrogen and oxygen atoms in total. The third-order valence-electron chi connectivity index (χ3n) is 2.20. The average molecular weight is 188 g/mol. The molecule has 0 spiro atoms. The number of hydrogen-bond acceptors (Lipinski definition) is 4. The van der Waals surface area contributed by atoms with Gasteiger partial charge in [-0.1, -0.05) is 0 Å². The maximum absolute atomic E-state index is 11.3. The Kier molecular flexibility index (Phi) is 2.05. The highest BCUT2D eigenvalue weighted by atomic mass is 16.4. The van der Waals surface area contributed by atoms with E-state index in [1.165, 1.54) is 21.0 Å². The molecule has 1 saturated heterocycles. The highest BCUT2D eigenvalue weighted by Gasteiger charge is 2.50. The first-order valence-electron chi connectivity index (χ1n) is 3.75. The van der Waals surface area contributed by atoms with Crippen molar-refractivity contribution in [2.45, 2.75) is 18.8 Å². The Morgan fingerprint density at radius 2 is 1.85 bits per heavy atom. The number of rotatable bonds is 0. The van der Waals surface area contributed by atoms with E-state index >= 15 is 0 Å². The van der Waals surface area contributed by atoms with E-state index in [2.05, 4.69) is 0 Å². The summed E-state index contributed by atoms with van der Waals surface area (Å²) < 4.78 is 0. The van der Waals surface area contributed by atoms with Gasteiger partial charge in [0.25, 0.3) is 5.91 Å². The summed E-state index contributed by atoms with van der Waals surface area (Å²) in [5, 5.41) is 18.9. The summed E-state index contributed by atoms with van der Waals surface area (Å²) in [6.07, 6.45) is -1.50. The number of amides is 3. The number of likely N-dealkylation sites (N-methyl/N-ethyl adjacent to an activating group) is 2. The second-order valence-corrected chi connectivity index (χ2v) is 3.28. The molecule has 1 fully saturated rings. The van der Waals surface area contributed by atoms with Crippen LogP contribution in [0.5, 0.6) is 0 Å². The number of carbonyl (C=O) groups excluding carboxylic acids is 2. The molecular formula is C7H12N2O4. The van der Waals surface area contributed by atoms with Crippen molar-refractivity contribution >= 4 is 11.9 Å². The van der Waals surface area contributed by atoms with E-state index in [1.54, 1.807) is 0 Å². The van der Waals surface area contributed by atoms with E-state index < -0.39 is 23.8 Å². The van der Waals surface area contributed by atoms with Crippen molar-refractivity contribution in [1.29, 1.82) is 0 Å². The second kappa shape index (κ2) is 2.68. The first-order chi connectivity index (χ1) is 5.80. The lowest BCUT2D eigenvalue weighted by Crippen LogP contribution is -2.67. The van der Waals surface area contributed by atoms with E-state index in [0.717, 1.165) is 9.80 Å². The highest BCUT2D eigenvalue weighted by molar-refractivity contribution is 6.01. The zero-order valence-electron chi connectivity index (χ0n) is 7.68. The Bertz CT molecular complexity index is 263. The third-order valence-corrected chi connectivity index (χ3v) is 2.20. The molecule has 13 heavy (non-hydrogen) atoms. The van der Waals surface area contributed by atoms with Gasteiger partial charge < -0.3 is 10.2 Å². The predicted molar refractivity (Wildman–Crippen MR) is 42.6 cm³/mol. The van der Waals surface area contributed by atoms with Crippen molar-refractivity contribution in [2.75, 3.05) is 14.1 Å². The number of carbonyl (C=O) groups is 2. The molecule has 0 aromatic heterocycles. The van der Waals surface area contributed by atoms with E-state index in [1.807, 2.05) is 0 Å². The first-order valence-corrected chi connectivity index (χ1v) is 3.75. The van der Waals surface area contributed by atoms with Crippen LogP contribution in [0.1, 0.15) is 6.92 Å². The van der Waals surface area contributed by atoms with Gasteiger partial charge in [0.15, 0.2) is 11.8 Å². The van der Waals surface area contributed by atoms with Gasteiger partial charge in [-0.25, -0.2) is 4.79 Å². The van der Waals surface area contributed by atoms with Gasteiger partial charge in [-0.05, 0) is 6.92 Å². The zero-order chi connectivity index (χ0) is 10.4. The molecule has 2 N–H and O–H groups in total. The second-order valence-electron chi connectivity index (χ2n) is 3.28. The van der Waals surface area contributed by atoms with Gasteiger partial charge in [0.1, 0.15) is 0 Å². The molecule has 0 radical (unpaired) electrons. The van der Waals surface area contributed by atoms with Crippen LogP contribution < -0.4 is 0 Å². The monoisotopic (exact) mass is 188 g/mol. The van der Waals surface area contributed by atoms with Gasteiger partial charge in [-0.15, -0.1) is 0 Å². The number of urea groups is 1. The fraction of sp³-hybridized carbons (Fsp3) is 0.714. The van der Waals surface area contributed by atoms with Crippen LogP contribution in [0.4, 0.5) is 4.79 Å². The summed E-state index contributed by atoms with van der Waals surface area (Å²) in [6.45, 7) is 1.17. The topological polar surface area (TPSA) is 81.1 Å². The summed E-state index contributed by atoms with van der Waals surface area (Å²) in [5.41, 5.74) is -1.93. The molecule has 1 rings (SSSR count). The molecule has 0 unspecified atom stereocenters. The van der Waals surface area contributed by atoms with E-state index in [-0.39, 0.29) is 0 Å². The van der Waals surface area contributed by atoms with Crippen LogP contribution in [0.3, 0.4) is 0 Å². The maximum Gasteiger partial charge on any atom is 0.328 e. The Morgan fingerprint density at radius 3 is 2.31 bits per heavy atom. The first kappa shape index (κ1) is 9.94. The third kappa shape index (κ3) is 1.18. The zero-order valence-corrected chi connectivity index (χ0v) is 7.68. The Morgan fingerprint density at radius 1 is 1.38 bits per heavy atom. The average Bonchev–Trinajstić information content (AvgIpc) is 2.09. The van der Waals surface area contributed by atoms with Crippen LogP contribution in [-0.2, 0) is 4.79 Å². The largest absolute Gasteiger partial charge is 0.376 e. The molecule has 3 amide bonds. The molecule has 1 aliphatic rings. The van der Waals surface area contributed by atoms with Crippen molar-refractivity contribution in [3.8, 4) is 0 Å². The SMILES string of the molecule is CN1C(=O)N(C)[C@H](O)[C@@](C)(O)C1=O. The minimum Gasteiger partial charge on any atom is -0.376 e. The Labute approximate surface area is 75.4 Å². The van der Waals surface area contributed by atoms with Gasteiger partial charge >= 0.3 is 6.03 Å². The van der Waals surface area contributed by atoms with Crippen molar-refractivity contribution in [3.63, 3.8) is 0 Å². The van der Waals surface area contributed by atoms with Crippen LogP contribution in [-0.4, -0.2) is 57.9 Å². The molecule has 0 saturated carbocycles. The van der Waals surface area contributed by atoms with Crippen molar-refractivity contribution in [1.82, 2.24) is 9.80 Å². The van der Waals surface area contributed by atoms with Crippen LogP contribution in [0.15, 0.2) is 0 Å². The fourth-order valence-corrected chi connectivity index (χ4v) is 1.26. The lowest BCUT2D eigenvalue weighted by Gasteiger charge is -2.42. The molecule has 0 bridgehead atoms.